The van der Waals surface area contributed by atoms with E-state index < -0.39 is 10.0 Å². The van der Waals surface area contributed by atoms with E-state index in [1.807, 2.05) is 36.4 Å². The van der Waals surface area contributed by atoms with Crippen LogP contribution in [-0.2, 0) is 23.0 Å². The SMILES string of the molecule is O=C(c1ccc(Cl)c(S(=O)(=O)N2CCc3ccccc3C2)c1)N1CCN(c2ccncc2)CC1. The number of aromatic nitrogens is 1. The Bertz CT molecular complexity index is 1310. The Morgan fingerprint density at radius 3 is 2.32 bits per heavy atom. The van der Waals surface area contributed by atoms with Crippen molar-refractivity contribution >= 4 is 33.2 Å². The number of piperazine rings is 1. The Morgan fingerprint density at radius 2 is 1.59 bits per heavy atom. The standard InChI is InChI=1S/C25H25ClN4O3S/c26-23-6-5-20(25(31)29-15-13-28(14-16-29)22-7-10-27-11-8-22)17-24(23)34(32,33)30-12-9-19-3-1-2-4-21(19)18-30/h1-8,10-11,17H,9,12-16,18H2. The second-order valence-electron chi connectivity index (χ2n) is 8.49. The van der Waals surface area contributed by atoms with Crippen LogP contribution < -0.4 is 4.90 Å². The van der Waals surface area contributed by atoms with Crippen molar-refractivity contribution < 1.29 is 13.2 Å². The summed E-state index contributed by atoms with van der Waals surface area (Å²) in [4.78, 5) is 21.2. The zero-order valence-electron chi connectivity index (χ0n) is 18.6. The molecule has 1 fully saturated rings. The Labute approximate surface area is 204 Å². The second kappa shape index (κ2) is 9.37. The van der Waals surface area contributed by atoms with Gasteiger partial charge in [-0.15, -0.1) is 0 Å². The van der Waals surface area contributed by atoms with Crippen LogP contribution in [0.1, 0.15) is 21.5 Å². The summed E-state index contributed by atoms with van der Waals surface area (Å²) in [5.74, 6) is -0.188. The first-order chi connectivity index (χ1) is 16.4. The fourth-order valence-electron chi connectivity index (χ4n) is 4.55. The van der Waals surface area contributed by atoms with Crippen molar-refractivity contribution in [3.05, 3.63) is 88.7 Å². The number of hydrogen-bond acceptors (Lipinski definition) is 5. The number of nitrogens with zero attached hydrogens (tertiary/aromatic N) is 4. The van der Waals surface area contributed by atoms with Gasteiger partial charge in [-0.05, 0) is 47.9 Å². The van der Waals surface area contributed by atoms with Crippen LogP contribution in [0.3, 0.4) is 0 Å². The van der Waals surface area contributed by atoms with Gasteiger partial charge in [-0.3, -0.25) is 9.78 Å². The molecule has 7 nitrogen and oxygen atoms in total. The van der Waals surface area contributed by atoms with Crippen LogP contribution in [0.2, 0.25) is 5.02 Å². The number of anilines is 1. The molecule has 0 bridgehead atoms. The van der Waals surface area contributed by atoms with Gasteiger partial charge in [0.1, 0.15) is 4.90 Å². The van der Waals surface area contributed by atoms with Gasteiger partial charge < -0.3 is 9.80 Å². The highest BCUT2D eigenvalue weighted by Crippen LogP contribution is 2.30. The summed E-state index contributed by atoms with van der Waals surface area (Å²) < 4.78 is 28.4. The van der Waals surface area contributed by atoms with Gasteiger partial charge in [0.2, 0.25) is 10.0 Å². The predicted molar refractivity (Wildman–Crippen MR) is 132 cm³/mol. The molecule has 9 heteroatoms. The highest BCUT2D eigenvalue weighted by atomic mass is 35.5. The lowest BCUT2D eigenvalue weighted by Gasteiger charge is -2.36. The molecule has 0 spiro atoms. The molecule has 1 saturated heterocycles. The van der Waals surface area contributed by atoms with Crippen LogP contribution in [0.5, 0.6) is 0 Å². The molecule has 0 saturated carbocycles. The van der Waals surface area contributed by atoms with Crippen LogP contribution in [-0.4, -0.2) is 61.2 Å². The summed E-state index contributed by atoms with van der Waals surface area (Å²) >= 11 is 6.34. The fraction of sp³-hybridized carbons (Fsp3) is 0.280. The van der Waals surface area contributed by atoms with Crippen molar-refractivity contribution in [3.63, 3.8) is 0 Å². The Balaban J connectivity index is 1.33. The summed E-state index contributed by atoms with van der Waals surface area (Å²) in [6.07, 6.45) is 4.15. The first-order valence-electron chi connectivity index (χ1n) is 11.2. The molecule has 2 aromatic carbocycles. The van der Waals surface area contributed by atoms with Crippen LogP contribution in [0, 0.1) is 0 Å². The number of hydrogen-bond donors (Lipinski definition) is 0. The molecule has 0 aliphatic carbocycles. The highest BCUT2D eigenvalue weighted by molar-refractivity contribution is 7.89. The minimum Gasteiger partial charge on any atom is -0.368 e. The number of pyridine rings is 1. The van der Waals surface area contributed by atoms with E-state index in [0.717, 1.165) is 16.8 Å². The summed E-state index contributed by atoms with van der Waals surface area (Å²) in [7, 11) is -3.85. The van der Waals surface area contributed by atoms with E-state index in [-0.39, 0.29) is 15.8 Å². The largest absolute Gasteiger partial charge is 0.368 e. The third-order valence-electron chi connectivity index (χ3n) is 6.49. The molecule has 5 rings (SSSR count). The van der Waals surface area contributed by atoms with E-state index in [0.29, 0.717) is 51.3 Å². The molecule has 1 amide bonds. The number of carbonyl (C=O) groups excluding carboxylic acids is 1. The van der Waals surface area contributed by atoms with Gasteiger partial charge in [-0.2, -0.15) is 4.31 Å². The lowest BCUT2D eigenvalue weighted by Crippen LogP contribution is -2.48. The normalized spacial score (nSPS) is 16.9. The molecule has 1 aromatic heterocycles. The smallest absolute Gasteiger partial charge is 0.254 e. The number of rotatable bonds is 4. The Hall–Kier alpha value is -2.94. The fourth-order valence-corrected chi connectivity index (χ4v) is 6.47. The van der Waals surface area contributed by atoms with Gasteiger partial charge in [0.25, 0.3) is 5.91 Å². The predicted octanol–water partition coefficient (Wildman–Crippen LogP) is 3.44. The molecule has 176 valence electrons. The van der Waals surface area contributed by atoms with E-state index in [1.165, 1.54) is 16.4 Å². The summed E-state index contributed by atoms with van der Waals surface area (Å²) in [5.41, 5.74) is 3.56. The Morgan fingerprint density at radius 1 is 0.882 bits per heavy atom. The lowest BCUT2D eigenvalue weighted by atomic mass is 10.0. The average Bonchev–Trinajstić information content (AvgIpc) is 2.89. The zero-order valence-corrected chi connectivity index (χ0v) is 20.2. The number of sulfonamides is 1. The van der Waals surface area contributed by atoms with E-state index in [2.05, 4.69) is 9.88 Å². The van der Waals surface area contributed by atoms with E-state index in [1.54, 1.807) is 23.4 Å². The van der Waals surface area contributed by atoms with Crippen molar-refractivity contribution in [2.75, 3.05) is 37.6 Å². The maximum Gasteiger partial charge on any atom is 0.254 e. The Kier molecular flexibility index (Phi) is 6.29. The third-order valence-corrected chi connectivity index (χ3v) is 8.81. The number of benzene rings is 2. The minimum absolute atomic E-state index is 0.0187. The van der Waals surface area contributed by atoms with Crippen molar-refractivity contribution in [1.29, 1.82) is 0 Å². The average molecular weight is 497 g/mol. The quantitative estimate of drug-likeness (QED) is 0.553. The molecule has 3 aromatic rings. The van der Waals surface area contributed by atoms with Crippen LogP contribution >= 0.6 is 11.6 Å². The lowest BCUT2D eigenvalue weighted by molar-refractivity contribution is 0.0746. The van der Waals surface area contributed by atoms with Gasteiger partial charge in [0, 0.05) is 62.9 Å². The van der Waals surface area contributed by atoms with E-state index >= 15 is 0 Å². The van der Waals surface area contributed by atoms with Crippen molar-refractivity contribution in [2.24, 2.45) is 0 Å². The van der Waals surface area contributed by atoms with Crippen molar-refractivity contribution in [1.82, 2.24) is 14.2 Å². The second-order valence-corrected chi connectivity index (χ2v) is 10.8. The van der Waals surface area contributed by atoms with Crippen LogP contribution in [0.15, 0.2) is 71.9 Å². The third kappa shape index (κ3) is 4.41. The van der Waals surface area contributed by atoms with Gasteiger partial charge in [-0.1, -0.05) is 35.9 Å². The van der Waals surface area contributed by atoms with Gasteiger partial charge in [-0.25, -0.2) is 8.42 Å². The molecule has 0 N–H and O–H groups in total. The molecule has 0 atom stereocenters. The molecule has 0 radical (unpaired) electrons. The minimum atomic E-state index is -3.85. The summed E-state index contributed by atoms with van der Waals surface area (Å²) in [6, 6.07) is 16.3. The molecular formula is C25H25ClN4O3S. The number of halogens is 1. The monoisotopic (exact) mass is 496 g/mol. The van der Waals surface area contributed by atoms with Crippen LogP contribution in [0.4, 0.5) is 5.69 Å². The first-order valence-corrected chi connectivity index (χ1v) is 13.1. The maximum atomic E-state index is 13.5. The van der Waals surface area contributed by atoms with Gasteiger partial charge in [0.05, 0.1) is 5.02 Å². The van der Waals surface area contributed by atoms with Gasteiger partial charge in [0.15, 0.2) is 0 Å². The summed E-state index contributed by atoms with van der Waals surface area (Å²) in [5, 5.41) is 0.123. The maximum absolute atomic E-state index is 13.5. The molecular weight excluding hydrogens is 472 g/mol. The number of amides is 1. The topological polar surface area (TPSA) is 73.8 Å². The molecule has 34 heavy (non-hydrogen) atoms. The number of fused-ring (bicyclic) bond motifs is 1. The summed E-state index contributed by atoms with van der Waals surface area (Å²) in [6.45, 7) is 3.17. The highest BCUT2D eigenvalue weighted by Gasteiger charge is 2.31. The van der Waals surface area contributed by atoms with Gasteiger partial charge >= 0.3 is 0 Å². The number of carbonyl (C=O) groups is 1. The van der Waals surface area contributed by atoms with E-state index in [9.17, 15) is 13.2 Å². The molecule has 3 heterocycles. The van der Waals surface area contributed by atoms with Crippen molar-refractivity contribution in [2.45, 2.75) is 17.9 Å². The zero-order chi connectivity index (χ0) is 23.7. The first kappa shape index (κ1) is 22.8. The molecule has 2 aliphatic rings. The van der Waals surface area contributed by atoms with E-state index in [4.69, 9.17) is 11.6 Å². The van der Waals surface area contributed by atoms with Crippen molar-refractivity contribution in [3.8, 4) is 0 Å². The molecule has 2 aliphatic heterocycles. The van der Waals surface area contributed by atoms with Crippen LogP contribution in [0.25, 0.3) is 0 Å². The molecule has 0 unspecified atom stereocenters.